The van der Waals surface area contributed by atoms with Gasteiger partial charge in [0.05, 0.1) is 0 Å². The molecule has 0 nitrogen and oxygen atoms in total. The highest BCUT2D eigenvalue weighted by atomic mass is 32.2. The first-order chi connectivity index (χ1) is 5.47. The molecule has 0 amide bonds. The smallest absolute Gasteiger partial charge is 0.00624 e. The van der Waals surface area contributed by atoms with E-state index in [2.05, 4.69) is 39.5 Å². The maximum absolute atomic E-state index is 2.45. The van der Waals surface area contributed by atoms with Crippen molar-refractivity contribution >= 4 is 11.8 Å². The number of hydrogen-bond acceptors (Lipinski definition) is 1. The summed E-state index contributed by atoms with van der Waals surface area (Å²) < 4.78 is 0. The van der Waals surface area contributed by atoms with E-state index in [1.165, 1.54) is 30.8 Å². The van der Waals surface area contributed by atoms with E-state index in [0.717, 1.165) is 0 Å². The van der Waals surface area contributed by atoms with Crippen molar-refractivity contribution in [3.63, 3.8) is 0 Å². The zero-order valence-corrected chi connectivity index (χ0v) is 9.76. The molecule has 1 fully saturated rings. The molecule has 0 radical (unpaired) electrons. The fraction of sp³-hybridized carbons (Fsp3) is 1.00. The van der Waals surface area contributed by atoms with Crippen LogP contribution < -0.4 is 0 Å². The van der Waals surface area contributed by atoms with Gasteiger partial charge >= 0.3 is 0 Å². The first-order valence-corrected chi connectivity index (χ1v) is 6.21. The van der Waals surface area contributed by atoms with Gasteiger partial charge in [0.25, 0.3) is 0 Å². The van der Waals surface area contributed by atoms with E-state index in [1.807, 2.05) is 0 Å². The van der Waals surface area contributed by atoms with E-state index in [1.54, 1.807) is 0 Å². The fourth-order valence-electron chi connectivity index (χ4n) is 2.90. The van der Waals surface area contributed by atoms with Crippen LogP contribution in [0.4, 0.5) is 0 Å². The summed E-state index contributed by atoms with van der Waals surface area (Å²) in [5.41, 5.74) is 1.33. The maximum atomic E-state index is 2.45. The Morgan fingerprint density at radius 1 is 1.17 bits per heavy atom. The van der Waals surface area contributed by atoms with Crippen LogP contribution in [-0.4, -0.2) is 11.5 Å². The molecule has 1 aliphatic carbocycles. The standard InChI is InChI=1S/C11H22S/c1-5-12-7-6-11(4)8-10(2,3)9-11/h5-9H2,1-4H3. The first kappa shape index (κ1) is 10.4. The van der Waals surface area contributed by atoms with Crippen LogP contribution in [0, 0.1) is 10.8 Å². The lowest BCUT2D eigenvalue weighted by Crippen LogP contribution is -2.41. The summed E-state index contributed by atoms with van der Waals surface area (Å²) in [4.78, 5) is 0. The van der Waals surface area contributed by atoms with E-state index >= 15 is 0 Å². The number of thioether (sulfide) groups is 1. The van der Waals surface area contributed by atoms with Crippen molar-refractivity contribution in [1.82, 2.24) is 0 Å². The van der Waals surface area contributed by atoms with Crippen LogP contribution in [0.3, 0.4) is 0 Å². The van der Waals surface area contributed by atoms with Gasteiger partial charge in [-0.1, -0.05) is 27.7 Å². The largest absolute Gasteiger partial charge is 0.162 e. The summed E-state index contributed by atoms with van der Waals surface area (Å²) in [6, 6.07) is 0. The molecule has 0 N–H and O–H groups in total. The Kier molecular flexibility index (Phi) is 3.14. The SMILES string of the molecule is CCSCCC1(C)CC(C)(C)C1. The van der Waals surface area contributed by atoms with Gasteiger partial charge in [-0.05, 0) is 41.6 Å². The normalized spacial score (nSPS) is 25.0. The Labute approximate surface area is 81.5 Å². The van der Waals surface area contributed by atoms with Crippen LogP contribution in [0.25, 0.3) is 0 Å². The molecule has 0 saturated heterocycles. The third-order valence-corrected chi connectivity index (χ3v) is 3.77. The van der Waals surface area contributed by atoms with Crippen molar-refractivity contribution in [2.45, 2.75) is 47.0 Å². The molecule has 72 valence electrons. The lowest BCUT2D eigenvalue weighted by atomic mass is 9.54. The van der Waals surface area contributed by atoms with Gasteiger partial charge in [-0.15, -0.1) is 0 Å². The maximum Gasteiger partial charge on any atom is -0.00624 e. The Morgan fingerprint density at radius 3 is 2.17 bits per heavy atom. The average Bonchev–Trinajstić information content (AvgIpc) is 1.83. The molecule has 1 rings (SSSR count). The summed E-state index contributed by atoms with van der Waals surface area (Å²) in [6.45, 7) is 9.48. The summed E-state index contributed by atoms with van der Waals surface area (Å²) in [5.74, 6) is 2.64. The molecule has 0 aromatic rings. The minimum atomic E-state index is 0.644. The average molecular weight is 186 g/mol. The lowest BCUT2D eigenvalue weighted by molar-refractivity contribution is 0.00128. The van der Waals surface area contributed by atoms with Crippen molar-refractivity contribution in [2.24, 2.45) is 10.8 Å². The topological polar surface area (TPSA) is 0 Å². The third kappa shape index (κ3) is 2.69. The second-order valence-electron chi connectivity index (χ2n) is 5.28. The molecule has 1 saturated carbocycles. The summed E-state index contributed by atoms with van der Waals surface area (Å²) in [7, 11) is 0. The van der Waals surface area contributed by atoms with Gasteiger partial charge < -0.3 is 0 Å². The molecule has 0 unspecified atom stereocenters. The minimum Gasteiger partial charge on any atom is -0.162 e. The third-order valence-electron chi connectivity index (χ3n) is 2.86. The van der Waals surface area contributed by atoms with E-state index in [9.17, 15) is 0 Å². The van der Waals surface area contributed by atoms with Gasteiger partial charge in [-0.25, -0.2) is 0 Å². The Balaban J connectivity index is 2.17. The van der Waals surface area contributed by atoms with E-state index in [0.29, 0.717) is 10.8 Å². The van der Waals surface area contributed by atoms with Crippen LogP contribution in [0.15, 0.2) is 0 Å². The molecule has 0 aliphatic heterocycles. The molecular formula is C11H22S. The monoisotopic (exact) mass is 186 g/mol. The van der Waals surface area contributed by atoms with E-state index < -0.39 is 0 Å². The van der Waals surface area contributed by atoms with Gasteiger partial charge in [-0.3, -0.25) is 0 Å². The van der Waals surface area contributed by atoms with Crippen LogP contribution in [0.2, 0.25) is 0 Å². The summed E-state index contributed by atoms with van der Waals surface area (Å²) in [6.07, 6.45) is 4.30. The quantitative estimate of drug-likeness (QED) is 0.599. The second-order valence-corrected chi connectivity index (χ2v) is 6.67. The van der Waals surface area contributed by atoms with Crippen LogP contribution in [0.1, 0.15) is 47.0 Å². The summed E-state index contributed by atoms with van der Waals surface area (Å²) in [5, 5.41) is 0. The Hall–Kier alpha value is 0.350. The van der Waals surface area contributed by atoms with Crippen molar-refractivity contribution in [3.05, 3.63) is 0 Å². The lowest BCUT2D eigenvalue weighted by Gasteiger charge is -2.51. The molecule has 1 heteroatoms. The zero-order valence-electron chi connectivity index (χ0n) is 8.94. The summed E-state index contributed by atoms with van der Waals surface area (Å²) >= 11 is 2.08. The van der Waals surface area contributed by atoms with Crippen LogP contribution in [-0.2, 0) is 0 Å². The molecule has 0 aromatic heterocycles. The molecule has 1 aliphatic rings. The van der Waals surface area contributed by atoms with E-state index in [4.69, 9.17) is 0 Å². The van der Waals surface area contributed by atoms with Crippen molar-refractivity contribution in [1.29, 1.82) is 0 Å². The molecule has 0 atom stereocenters. The van der Waals surface area contributed by atoms with Gasteiger partial charge in [0.1, 0.15) is 0 Å². The highest BCUT2D eigenvalue weighted by Gasteiger charge is 2.44. The molecule has 0 spiro atoms. The Bertz CT molecular complexity index is 141. The van der Waals surface area contributed by atoms with Gasteiger partial charge in [-0.2, -0.15) is 11.8 Å². The Morgan fingerprint density at radius 2 is 1.75 bits per heavy atom. The number of rotatable bonds is 4. The molecular weight excluding hydrogens is 164 g/mol. The van der Waals surface area contributed by atoms with Gasteiger partial charge in [0.2, 0.25) is 0 Å². The van der Waals surface area contributed by atoms with Crippen molar-refractivity contribution in [2.75, 3.05) is 11.5 Å². The zero-order chi connectivity index (χ0) is 9.24. The highest BCUT2D eigenvalue weighted by molar-refractivity contribution is 7.99. The van der Waals surface area contributed by atoms with E-state index in [-0.39, 0.29) is 0 Å². The predicted octanol–water partition coefficient (Wildman–Crippen LogP) is 3.96. The second kappa shape index (κ2) is 3.61. The predicted molar refractivity (Wildman–Crippen MR) is 58.7 cm³/mol. The highest BCUT2D eigenvalue weighted by Crippen LogP contribution is 2.55. The number of hydrogen-bond donors (Lipinski definition) is 0. The van der Waals surface area contributed by atoms with Crippen molar-refractivity contribution in [3.8, 4) is 0 Å². The molecule has 12 heavy (non-hydrogen) atoms. The van der Waals surface area contributed by atoms with Gasteiger partial charge in [0, 0.05) is 0 Å². The van der Waals surface area contributed by atoms with Crippen LogP contribution in [0.5, 0.6) is 0 Å². The minimum absolute atomic E-state index is 0.644. The van der Waals surface area contributed by atoms with Crippen molar-refractivity contribution < 1.29 is 0 Å². The van der Waals surface area contributed by atoms with Crippen LogP contribution >= 0.6 is 11.8 Å². The van der Waals surface area contributed by atoms with Gasteiger partial charge in [0.15, 0.2) is 0 Å². The molecule has 0 bridgehead atoms. The molecule has 0 aromatic carbocycles. The molecule has 0 heterocycles. The fourth-order valence-corrected chi connectivity index (χ4v) is 3.82. The first-order valence-electron chi connectivity index (χ1n) is 5.05.